The van der Waals surface area contributed by atoms with Gasteiger partial charge in [-0.1, -0.05) is 196 Å². The molecule has 0 saturated heterocycles. The number of hydrogen-bond donors (Lipinski definition) is 0. The highest BCUT2D eigenvalue weighted by Gasteiger charge is 2.36. The molecule has 0 spiro atoms. The van der Waals surface area contributed by atoms with Crippen molar-refractivity contribution in [2.45, 2.75) is 19.3 Å². The lowest BCUT2D eigenvalue weighted by atomic mass is 9.80. The van der Waals surface area contributed by atoms with Crippen molar-refractivity contribution < 1.29 is 0 Å². The van der Waals surface area contributed by atoms with Gasteiger partial charge in [0.25, 0.3) is 0 Å². The summed E-state index contributed by atoms with van der Waals surface area (Å²) >= 11 is 0. The lowest BCUT2D eigenvalue weighted by Crippen LogP contribution is -2.15. The third kappa shape index (κ3) is 4.94. The molecule has 0 bridgehead atoms. The first-order valence-corrected chi connectivity index (χ1v) is 21.5. The van der Waals surface area contributed by atoms with Gasteiger partial charge in [0, 0.05) is 5.41 Å². The van der Waals surface area contributed by atoms with Gasteiger partial charge in [-0.15, -0.1) is 0 Å². The van der Waals surface area contributed by atoms with Crippen LogP contribution in [0.5, 0.6) is 0 Å². The van der Waals surface area contributed by atoms with Gasteiger partial charge in [0.05, 0.1) is 0 Å². The van der Waals surface area contributed by atoms with E-state index in [0.717, 1.165) is 0 Å². The molecule has 0 nitrogen and oxygen atoms in total. The van der Waals surface area contributed by atoms with Crippen molar-refractivity contribution in [3.05, 3.63) is 217 Å². The summed E-state index contributed by atoms with van der Waals surface area (Å²) in [6.45, 7) is 4.81. The molecule has 284 valence electrons. The molecule has 0 atom stereocenters. The molecular weight excluding hydrogens is 733 g/mol. The Kier molecular flexibility index (Phi) is 7.17. The highest BCUT2D eigenvalue weighted by Crippen LogP contribution is 2.52. The second kappa shape index (κ2) is 12.7. The van der Waals surface area contributed by atoms with Gasteiger partial charge in [-0.05, 0) is 155 Å². The van der Waals surface area contributed by atoms with Crippen LogP contribution in [-0.4, -0.2) is 0 Å². The average Bonchev–Trinajstić information content (AvgIpc) is 3.54. The number of hydrogen-bond acceptors (Lipinski definition) is 0. The third-order valence-corrected chi connectivity index (χ3v) is 14.0. The third-order valence-electron chi connectivity index (χ3n) is 14.0. The fraction of sp³-hybridized carbons (Fsp3) is 0.0492. The summed E-state index contributed by atoms with van der Waals surface area (Å²) in [5, 5.41) is 18.1. The van der Waals surface area contributed by atoms with Crippen LogP contribution in [0.4, 0.5) is 0 Å². The predicted molar refractivity (Wildman–Crippen MR) is 263 cm³/mol. The molecule has 0 N–H and O–H groups in total. The fourth-order valence-corrected chi connectivity index (χ4v) is 11.1. The fourth-order valence-electron chi connectivity index (χ4n) is 11.1. The van der Waals surface area contributed by atoms with E-state index < -0.39 is 0 Å². The molecule has 12 aromatic rings. The molecule has 13 rings (SSSR count). The van der Waals surface area contributed by atoms with Crippen LogP contribution in [0.2, 0.25) is 0 Å². The van der Waals surface area contributed by atoms with E-state index >= 15 is 0 Å². The molecule has 0 amide bonds. The first-order valence-electron chi connectivity index (χ1n) is 21.5. The molecule has 0 heteroatoms. The van der Waals surface area contributed by atoms with Crippen LogP contribution in [0.25, 0.3) is 120 Å². The molecule has 61 heavy (non-hydrogen) atoms. The van der Waals surface area contributed by atoms with E-state index in [1.54, 1.807) is 0 Å². The van der Waals surface area contributed by atoms with E-state index in [4.69, 9.17) is 0 Å². The van der Waals surface area contributed by atoms with Gasteiger partial charge < -0.3 is 0 Å². The summed E-state index contributed by atoms with van der Waals surface area (Å²) in [7, 11) is 0. The van der Waals surface area contributed by atoms with Gasteiger partial charge in [-0.3, -0.25) is 0 Å². The van der Waals surface area contributed by atoms with Gasteiger partial charge in [-0.25, -0.2) is 0 Å². The number of benzene rings is 12. The molecule has 0 saturated carbocycles. The van der Waals surface area contributed by atoms with E-state index in [1.165, 1.54) is 131 Å². The zero-order valence-electron chi connectivity index (χ0n) is 34.1. The van der Waals surface area contributed by atoms with Crippen molar-refractivity contribution in [1.82, 2.24) is 0 Å². The zero-order chi connectivity index (χ0) is 40.4. The molecule has 0 fully saturated rings. The van der Waals surface area contributed by atoms with E-state index in [9.17, 15) is 0 Å². The van der Waals surface area contributed by atoms with Crippen LogP contribution in [-0.2, 0) is 5.41 Å². The van der Waals surface area contributed by atoms with Crippen molar-refractivity contribution in [3.8, 4) is 44.5 Å². The van der Waals surface area contributed by atoms with Crippen molar-refractivity contribution in [2.24, 2.45) is 0 Å². The monoisotopic (exact) mass is 772 g/mol. The van der Waals surface area contributed by atoms with Crippen molar-refractivity contribution >= 4 is 75.4 Å². The molecule has 0 aliphatic heterocycles. The second-order valence-electron chi connectivity index (χ2n) is 17.6. The minimum Gasteiger partial charge on any atom is -0.0616 e. The Bertz CT molecular complexity index is 3840. The molecule has 1 aliphatic carbocycles. The molecule has 0 radical (unpaired) electrons. The first kappa shape index (κ1) is 34.3. The lowest BCUT2D eigenvalue weighted by molar-refractivity contribution is 0.661. The first-order chi connectivity index (χ1) is 30.0. The summed E-state index contributed by atoms with van der Waals surface area (Å²) in [4.78, 5) is 0. The Morgan fingerprint density at radius 3 is 1.43 bits per heavy atom. The van der Waals surface area contributed by atoms with Crippen molar-refractivity contribution in [1.29, 1.82) is 0 Å². The van der Waals surface area contributed by atoms with Gasteiger partial charge in [0.1, 0.15) is 0 Å². The summed E-state index contributed by atoms with van der Waals surface area (Å²) in [6.07, 6.45) is 0. The topological polar surface area (TPSA) is 0 Å². The Morgan fingerprint density at radius 2 is 0.705 bits per heavy atom. The van der Waals surface area contributed by atoms with Crippen LogP contribution in [0.3, 0.4) is 0 Å². The Balaban J connectivity index is 0.947. The smallest absolute Gasteiger partial charge is 0.0159 e. The summed E-state index contributed by atoms with van der Waals surface area (Å²) in [5.41, 5.74) is 12.9. The van der Waals surface area contributed by atoms with Gasteiger partial charge in [0.2, 0.25) is 0 Å². The molecule has 0 heterocycles. The van der Waals surface area contributed by atoms with E-state index in [-0.39, 0.29) is 5.41 Å². The van der Waals surface area contributed by atoms with Crippen LogP contribution in [0.15, 0.2) is 206 Å². The highest BCUT2D eigenvalue weighted by molar-refractivity contribution is 6.30. The van der Waals surface area contributed by atoms with Crippen LogP contribution < -0.4 is 0 Å². The SMILES string of the molecule is CC1(C)c2cc(-c3cccc4c(-c5cc6ccc7ccc8ccccc8c7c6c6ccccc56)cccc34)ccc2-c2ccc(-c3cc4ccccc4c4ccccc34)cc21. The van der Waals surface area contributed by atoms with Crippen molar-refractivity contribution in [3.63, 3.8) is 0 Å². The predicted octanol–water partition coefficient (Wildman–Crippen LogP) is 17.1. The summed E-state index contributed by atoms with van der Waals surface area (Å²) in [5.74, 6) is 0. The lowest BCUT2D eigenvalue weighted by Gasteiger charge is -2.23. The zero-order valence-corrected chi connectivity index (χ0v) is 34.1. The molecule has 12 aromatic carbocycles. The Hall–Kier alpha value is -7.54. The Labute approximate surface area is 355 Å². The maximum atomic E-state index is 2.47. The molecule has 0 aromatic heterocycles. The maximum absolute atomic E-state index is 2.47. The molecule has 1 aliphatic rings. The average molecular weight is 773 g/mol. The van der Waals surface area contributed by atoms with E-state index in [2.05, 4.69) is 220 Å². The molecular formula is C61H40. The standard InChI is InChI=1S/C61H40/c1-61(2)57-35-40(29-31-52(57)53-32-30-41(36-58(53)61)55-33-39-14-4-5-15-43(39)46-17-7-8-18-49(46)55)44-21-11-23-48-47(44)22-12-24-50(48)56-34-42-28-27-38-26-25-37-13-3-6-16-45(37)59(38)60(42)54-20-10-9-19-51(54)56/h3-36H,1-2H3. The minimum absolute atomic E-state index is 0.168. The maximum Gasteiger partial charge on any atom is 0.0159 e. The van der Waals surface area contributed by atoms with Crippen LogP contribution >= 0.6 is 0 Å². The van der Waals surface area contributed by atoms with Gasteiger partial charge >= 0.3 is 0 Å². The van der Waals surface area contributed by atoms with E-state index in [0.29, 0.717) is 0 Å². The van der Waals surface area contributed by atoms with Crippen LogP contribution in [0.1, 0.15) is 25.0 Å². The number of fused-ring (bicyclic) bond motifs is 14. The van der Waals surface area contributed by atoms with Crippen LogP contribution in [0, 0.1) is 0 Å². The quantitative estimate of drug-likeness (QED) is 0.157. The number of rotatable bonds is 3. The minimum atomic E-state index is -0.168. The molecule has 0 unspecified atom stereocenters. The highest BCUT2D eigenvalue weighted by atomic mass is 14.4. The Morgan fingerprint density at radius 1 is 0.246 bits per heavy atom. The second-order valence-corrected chi connectivity index (χ2v) is 17.6. The van der Waals surface area contributed by atoms with E-state index in [1.807, 2.05) is 0 Å². The normalized spacial score (nSPS) is 13.2. The summed E-state index contributed by atoms with van der Waals surface area (Å²) in [6, 6.07) is 77.5. The van der Waals surface area contributed by atoms with Gasteiger partial charge in [0.15, 0.2) is 0 Å². The summed E-state index contributed by atoms with van der Waals surface area (Å²) < 4.78 is 0. The largest absolute Gasteiger partial charge is 0.0616 e. The van der Waals surface area contributed by atoms with Gasteiger partial charge in [-0.2, -0.15) is 0 Å². The van der Waals surface area contributed by atoms with Crippen molar-refractivity contribution in [2.75, 3.05) is 0 Å².